The van der Waals surface area contributed by atoms with Crippen molar-refractivity contribution >= 4 is 0 Å². The zero-order valence-electron chi connectivity index (χ0n) is 17.8. The first-order chi connectivity index (χ1) is 13.9. The summed E-state index contributed by atoms with van der Waals surface area (Å²) in [6.45, 7) is 6.86. The van der Waals surface area contributed by atoms with Crippen molar-refractivity contribution in [2.24, 2.45) is 17.3 Å². The van der Waals surface area contributed by atoms with Crippen LogP contribution < -0.4 is 0 Å². The molecule has 3 fully saturated rings. The van der Waals surface area contributed by atoms with Crippen LogP contribution in [-0.2, 0) is 18.9 Å². The summed E-state index contributed by atoms with van der Waals surface area (Å²) in [6.07, 6.45) is 10.5. The van der Waals surface area contributed by atoms with Gasteiger partial charge in [0, 0.05) is 18.3 Å². The van der Waals surface area contributed by atoms with E-state index in [-0.39, 0.29) is 11.2 Å². The van der Waals surface area contributed by atoms with Gasteiger partial charge >= 0.3 is 0 Å². The van der Waals surface area contributed by atoms with Gasteiger partial charge in [-0.25, -0.2) is 0 Å². The molecular formula is C24H34O5. The molecule has 2 aliphatic heterocycles. The molecule has 6 aliphatic rings. The second-order valence-electron chi connectivity index (χ2n) is 10.4. The van der Waals surface area contributed by atoms with Crippen molar-refractivity contribution in [2.75, 3.05) is 26.4 Å². The van der Waals surface area contributed by atoms with Crippen LogP contribution in [0.1, 0.15) is 65.2 Å². The molecule has 29 heavy (non-hydrogen) atoms. The SMILES string of the molecule is CC1(C2(O)CCC3C4CCC5=C(CCC6(C5)OCCO6)C4=CCC32C)OCCO1. The fourth-order valence-corrected chi connectivity index (χ4v) is 7.81. The average Bonchev–Trinajstić information content (AvgIpc) is 3.42. The lowest BCUT2D eigenvalue weighted by molar-refractivity contribution is -0.293. The van der Waals surface area contributed by atoms with E-state index in [1.54, 1.807) is 16.7 Å². The highest BCUT2D eigenvalue weighted by atomic mass is 16.8. The molecule has 4 aliphatic carbocycles. The van der Waals surface area contributed by atoms with Crippen LogP contribution in [0.2, 0.25) is 0 Å². The summed E-state index contributed by atoms with van der Waals surface area (Å²) in [6, 6.07) is 0. The fraction of sp³-hybridized carbons (Fsp3) is 0.833. The maximum atomic E-state index is 11.9. The van der Waals surface area contributed by atoms with Crippen molar-refractivity contribution < 1.29 is 24.1 Å². The van der Waals surface area contributed by atoms with Gasteiger partial charge in [0.25, 0.3) is 0 Å². The molecule has 0 aromatic carbocycles. The number of rotatable bonds is 1. The maximum Gasteiger partial charge on any atom is 0.195 e. The molecule has 2 heterocycles. The Balaban J connectivity index is 1.33. The molecule has 0 bridgehead atoms. The van der Waals surface area contributed by atoms with Crippen molar-refractivity contribution in [1.29, 1.82) is 0 Å². The van der Waals surface area contributed by atoms with Crippen LogP contribution in [-0.4, -0.2) is 48.7 Å². The normalized spacial score (nSPS) is 45.1. The van der Waals surface area contributed by atoms with Gasteiger partial charge in [0.2, 0.25) is 0 Å². The number of hydrogen-bond acceptors (Lipinski definition) is 5. The van der Waals surface area contributed by atoms with Crippen LogP contribution in [0.4, 0.5) is 0 Å². The van der Waals surface area contributed by atoms with E-state index >= 15 is 0 Å². The molecule has 2 saturated heterocycles. The molecule has 0 radical (unpaired) electrons. The number of fused-ring (bicyclic) bond motifs is 4. The van der Waals surface area contributed by atoms with Gasteiger partial charge < -0.3 is 24.1 Å². The maximum absolute atomic E-state index is 11.9. The third-order valence-corrected chi connectivity index (χ3v) is 9.39. The minimum absolute atomic E-state index is 0.202. The Morgan fingerprint density at radius 1 is 0.931 bits per heavy atom. The minimum atomic E-state index is -0.931. The smallest absolute Gasteiger partial charge is 0.195 e. The summed E-state index contributed by atoms with van der Waals surface area (Å²) >= 11 is 0. The summed E-state index contributed by atoms with van der Waals surface area (Å²) in [5.41, 5.74) is 3.59. The Morgan fingerprint density at radius 3 is 2.41 bits per heavy atom. The molecule has 4 atom stereocenters. The van der Waals surface area contributed by atoms with Crippen molar-refractivity contribution in [2.45, 2.75) is 82.4 Å². The highest BCUT2D eigenvalue weighted by Crippen LogP contribution is 2.66. The Bertz CT molecular complexity index is 772. The van der Waals surface area contributed by atoms with E-state index in [4.69, 9.17) is 18.9 Å². The first kappa shape index (κ1) is 19.0. The Morgan fingerprint density at radius 2 is 1.66 bits per heavy atom. The van der Waals surface area contributed by atoms with Gasteiger partial charge in [-0.2, -0.15) is 0 Å². The van der Waals surface area contributed by atoms with Crippen LogP contribution >= 0.6 is 0 Å². The van der Waals surface area contributed by atoms with Gasteiger partial charge in [-0.05, 0) is 68.4 Å². The third kappa shape index (κ3) is 2.40. The summed E-state index contributed by atoms with van der Waals surface area (Å²) in [5.74, 6) is -0.184. The number of aliphatic hydroxyl groups is 1. The molecule has 6 rings (SSSR count). The number of hydrogen-bond donors (Lipinski definition) is 1. The summed E-state index contributed by atoms with van der Waals surface area (Å²) in [5, 5.41) is 11.9. The molecule has 160 valence electrons. The van der Waals surface area contributed by atoms with Crippen molar-refractivity contribution in [3.8, 4) is 0 Å². The minimum Gasteiger partial charge on any atom is -0.384 e. The summed E-state index contributed by atoms with van der Waals surface area (Å²) in [4.78, 5) is 0. The van der Waals surface area contributed by atoms with Gasteiger partial charge in [-0.1, -0.05) is 18.6 Å². The van der Waals surface area contributed by atoms with Gasteiger partial charge in [-0.15, -0.1) is 0 Å². The van der Waals surface area contributed by atoms with E-state index in [1.165, 1.54) is 6.42 Å². The first-order valence-corrected chi connectivity index (χ1v) is 11.6. The topological polar surface area (TPSA) is 57.2 Å². The monoisotopic (exact) mass is 402 g/mol. The van der Waals surface area contributed by atoms with Crippen LogP contribution in [0.25, 0.3) is 0 Å². The van der Waals surface area contributed by atoms with Crippen LogP contribution in [0.15, 0.2) is 22.8 Å². The van der Waals surface area contributed by atoms with Gasteiger partial charge in [-0.3, -0.25) is 0 Å². The van der Waals surface area contributed by atoms with Crippen LogP contribution in [0, 0.1) is 17.3 Å². The van der Waals surface area contributed by atoms with E-state index in [0.29, 0.717) is 25.0 Å². The van der Waals surface area contributed by atoms with Crippen LogP contribution in [0.3, 0.4) is 0 Å². The quantitative estimate of drug-likeness (QED) is 0.722. The second-order valence-corrected chi connectivity index (χ2v) is 10.4. The number of ether oxygens (including phenoxy) is 4. The second kappa shape index (κ2) is 6.17. The van der Waals surface area contributed by atoms with E-state index < -0.39 is 11.4 Å². The number of allylic oxidation sites excluding steroid dienone is 3. The highest BCUT2D eigenvalue weighted by molar-refractivity contribution is 5.45. The average molecular weight is 403 g/mol. The lowest BCUT2D eigenvalue weighted by atomic mass is 9.55. The lowest BCUT2D eigenvalue weighted by Gasteiger charge is -2.54. The molecule has 1 spiro atoms. The lowest BCUT2D eigenvalue weighted by Crippen LogP contribution is -2.62. The predicted molar refractivity (Wildman–Crippen MR) is 107 cm³/mol. The standard InChI is InChI=1S/C24H34O5/c1-21-8-5-18-17-6-9-23(28-13-14-29-23)15-16(17)3-4-19(18)20(21)7-10-24(21,25)22(2)26-11-12-27-22/h5,19-20,25H,3-4,6-15H2,1-2H3. The fourth-order valence-electron chi connectivity index (χ4n) is 7.81. The van der Waals surface area contributed by atoms with Crippen molar-refractivity contribution in [3.63, 3.8) is 0 Å². The molecule has 0 amide bonds. The molecule has 1 saturated carbocycles. The summed E-state index contributed by atoms with van der Waals surface area (Å²) in [7, 11) is 0. The van der Waals surface area contributed by atoms with E-state index in [2.05, 4.69) is 13.0 Å². The highest BCUT2D eigenvalue weighted by Gasteiger charge is 2.68. The largest absolute Gasteiger partial charge is 0.384 e. The van der Waals surface area contributed by atoms with Crippen molar-refractivity contribution in [1.82, 2.24) is 0 Å². The van der Waals surface area contributed by atoms with Crippen molar-refractivity contribution in [3.05, 3.63) is 22.8 Å². The molecule has 5 nitrogen and oxygen atoms in total. The van der Waals surface area contributed by atoms with Gasteiger partial charge in [0.15, 0.2) is 11.6 Å². The predicted octanol–water partition coefficient (Wildman–Crippen LogP) is 3.86. The third-order valence-electron chi connectivity index (χ3n) is 9.39. The van der Waals surface area contributed by atoms with Gasteiger partial charge in [0.05, 0.1) is 26.4 Å². The van der Waals surface area contributed by atoms with E-state index in [9.17, 15) is 5.11 Å². The van der Waals surface area contributed by atoms with Gasteiger partial charge in [0.1, 0.15) is 5.60 Å². The summed E-state index contributed by atoms with van der Waals surface area (Å²) < 4.78 is 24.0. The zero-order chi connectivity index (χ0) is 19.9. The van der Waals surface area contributed by atoms with E-state index in [1.807, 2.05) is 6.92 Å². The molecule has 4 unspecified atom stereocenters. The van der Waals surface area contributed by atoms with E-state index in [0.717, 1.165) is 58.2 Å². The molecule has 0 aromatic rings. The Hall–Kier alpha value is -0.720. The molecule has 0 aromatic heterocycles. The Labute approximate surface area is 173 Å². The first-order valence-electron chi connectivity index (χ1n) is 11.6. The van der Waals surface area contributed by atoms with Crippen LogP contribution in [0.5, 0.6) is 0 Å². The Kier molecular flexibility index (Phi) is 4.04. The zero-order valence-corrected chi connectivity index (χ0v) is 17.8. The molecular weight excluding hydrogens is 368 g/mol. The molecule has 5 heteroatoms. The molecule has 1 N–H and O–H groups in total.